The second-order valence-electron chi connectivity index (χ2n) is 5.37. The highest BCUT2D eigenvalue weighted by Gasteiger charge is 2.10. The normalized spacial score (nSPS) is 10.9. The third kappa shape index (κ3) is 3.81. The third-order valence-electron chi connectivity index (χ3n) is 3.64. The highest BCUT2D eigenvalue weighted by molar-refractivity contribution is 5.84. The van der Waals surface area contributed by atoms with Gasteiger partial charge in [0.25, 0.3) is 0 Å². The molecule has 1 N–H and O–H groups in total. The summed E-state index contributed by atoms with van der Waals surface area (Å²) in [6, 6.07) is 17.6. The van der Waals surface area contributed by atoms with Gasteiger partial charge in [0, 0.05) is 5.56 Å². The Labute approximate surface area is 140 Å². The molecule has 0 fully saturated rings. The van der Waals surface area contributed by atoms with Crippen molar-refractivity contribution in [2.24, 2.45) is 5.10 Å². The van der Waals surface area contributed by atoms with E-state index >= 15 is 0 Å². The summed E-state index contributed by atoms with van der Waals surface area (Å²) in [4.78, 5) is 0. The summed E-state index contributed by atoms with van der Waals surface area (Å²) in [5.41, 5.74) is 6.65. The molecule has 1 aromatic heterocycles. The minimum absolute atomic E-state index is 0.415. The largest absolute Gasteiger partial charge is 0.488 e. The molecule has 0 radical (unpaired) electrons. The van der Waals surface area contributed by atoms with Gasteiger partial charge in [-0.3, -0.25) is 5.43 Å². The fraction of sp³-hybridized carbons (Fsp3) is 0.158. The molecule has 3 aromatic rings. The topological polar surface area (TPSA) is 59.7 Å². The number of nitrogens with zero attached hydrogens (tertiary/aromatic N) is 2. The zero-order valence-corrected chi connectivity index (χ0v) is 13.7. The average Bonchev–Trinajstić information content (AvgIpc) is 2.93. The Morgan fingerprint density at radius 2 is 1.83 bits per heavy atom. The van der Waals surface area contributed by atoms with Crippen LogP contribution in [0.4, 0.5) is 5.69 Å². The SMILES string of the molecule is Cc1noc(C)c1COc1ccccc1C=NNc1ccccc1. The zero-order valence-electron chi connectivity index (χ0n) is 13.7. The lowest BCUT2D eigenvalue weighted by Crippen LogP contribution is -2.00. The van der Waals surface area contributed by atoms with Crippen LogP contribution in [-0.2, 0) is 6.61 Å². The molecule has 0 aliphatic carbocycles. The lowest BCUT2D eigenvalue weighted by Gasteiger charge is -2.08. The van der Waals surface area contributed by atoms with Crippen LogP contribution in [0.5, 0.6) is 5.75 Å². The zero-order chi connectivity index (χ0) is 16.8. The predicted octanol–water partition coefficient (Wildman–Crippen LogP) is 4.32. The fourth-order valence-corrected chi connectivity index (χ4v) is 2.27. The number of hydrogen-bond acceptors (Lipinski definition) is 5. The van der Waals surface area contributed by atoms with Gasteiger partial charge in [-0.2, -0.15) is 5.10 Å². The van der Waals surface area contributed by atoms with Crippen molar-refractivity contribution in [3.63, 3.8) is 0 Å². The summed E-state index contributed by atoms with van der Waals surface area (Å²) in [6.07, 6.45) is 1.75. The summed E-state index contributed by atoms with van der Waals surface area (Å²) in [7, 11) is 0. The van der Waals surface area contributed by atoms with Gasteiger partial charge in [0.15, 0.2) is 0 Å². The molecule has 0 saturated heterocycles. The van der Waals surface area contributed by atoms with Crippen LogP contribution in [0.1, 0.15) is 22.6 Å². The first-order valence-corrected chi connectivity index (χ1v) is 7.72. The van der Waals surface area contributed by atoms with Crippen LogP contribution in [0.2, 0.25) is 0 Å². The Morgan fingerprint density at radius 1 is 1.08 bits per heavy atom. The summed E-state index contributed by atoms with van der Waals surface area (Å²) < 4.78 is 11.1. The molecule has 2 aromatic carbocycles. The number of para-hydroxylation sites is 2. The second kappa shape index (κ2) is 7.46. The van der Waals surface area contributed by atoms with Crippen molar-refractivity contribution < 1.29 is 9.26 Å². The smallest absolute Gasteiger partial charge is 0.140 e. The van der Waals surface area contributed by atoms with E-state index in [4.69, 9.17) is 9.26 Å². The Hall–Kier alpha value is -3.08. The quantitative estimate of drug-likeness (QED) is 0.543. The first kappa shape index (κ1) is 15.8. The Kier molecular flexibility index (Phi) is 4.91. The van der Waals surface area contributed by atoms with Gasteiger partial charge in [-0.25, -0.2) is 0 Å². The molecule has 5 heteroatoms. The van der Waals surface area contributed by atoms with Crippen LogP contribution in [-0.4, -0.2) is 11.4 Å². The summed E-state index contributed by atoms with van der Waals surface area (Å²) in [5, 5.41) is 8.21. The maximum atomic E-state index is 5.93. The molecule has 5 nitrogen and oxygen atoms in total. The van der Waals surface area contributed by atoms with Gasteiger partial charge in [-0.05, 0) is 38.1 Å². The van der Waals surface area contributed by atoms with Crippen molar-refractivity contribution >= 4 is 11.9 Å². The van der Waals surface area contributed by atoms with E-state index in [0.717, 1.165) is 34.0 Å². The molecule has 122 valence electrons. The highest BCUT2D eigenvalue weighted by Crippen LogP contribution is 2.20. The number of benzene rings is 2. The van der Waals surface area contributed by atoms with E-state index in [9.17, 15) is 0 Å². The van der Waals surface area contributed by atoms with E-state index in [1.54, 1.807) is 6.21 Å². The molecule has 3 rings (SSSR count). The Morgan fingerprint density at radius 3 is 2.58 bits per heavy atom. The molecule has 0 aliphatic heterocycles. The minimum Gasteiger partial charge on any atom is -0.488 e. The van der Waals surface area contributed by atoms with E-state index in [1.807, 2.05) is 68.4 Å². The summed E-state index contributed by atoms with van der Waals surface area (Å²) >= 11 is 0. The summed E-state index contributed by atoms with van der Waals surface area (Å²) in [5.74, 6) is 1.54. The van der Waals surface area contributed by atoms with Crippen LogP contribution in [0.25, 0.3) is 0 Å². The van der Waals surface area contributed by atoms with Gasteiger partial charge >= 0.3 is 0 Å². The van der Waals surface area contributed by atoms with Crippen molar-refractivity contribution in [3.8, 4) is 5.75 Å². The van der Waals surface area contributed by atoms with Crippen LogP contribution in [0.3, 0.4) is 0 Å². The van der Waals surface area contributed by atoms with Gasteiger partial charge in [-0.1, -0.05) is 35.5 Å². The number of anilines is 1. The average molecular weight is 321 g/mol. The van der Waals surface area contributed by atoms with Gasteiger partial charge in [0.05, 0.1) is 23.2 Å². The van der Waals surface area contributed by atoms with Crippen LogP contribution in [0, 0.1) is 13.8 Å². The maximum Gasteiger partial charge on any atom is 0.140 e. The molecular formula is C19H19N3O2. The molecule has 24 heavy (non-hydrogen) atoms. The molecule has 0 aliphatic rings. The predicted molar refractivity (Wildman–Crippen MR) is 94.4 cm³/mol. The van der Waals surface area contributed by atoms with Crippen molar-refractivity contribution in [1.29, 1.82) is 0 Å². The maximum absolute atomic E-state index is 5.93. The fourth-order valence-electron chi connectivity index (χ4n) is 2.27. The number of aromatic nitrogens is 1. The van der Waals surface area contributed by atoms with E-state index in [-0.39, 0.29) is 0 Å². The van der Waals surface area contributed by atoms with Crippen LogP contribution < -0.4 is 10.2 Å². The van der Waals surface area contributed by atoms with Crippen LogP contribution in [0.15, 0.2) is 64.2 Å². The molecular weight excluding hydrogens is 302 g/mol. The van der Waals surface area contributed by atoms with Gasteiger partial charge in [0.2, 0.25) is 0 Å². The van der Waals surface area contributed by atoms with Crippen molar-refractivity contribution in [3.05, 3.63) is 77.2 Å². The lowest BCUT2D eigenvalue weighted by molar-refractivity contribution is 0.301. The molecule has 0 atom stereocenters. The number of ether oxygens (including phenoxy) is 1. The van der Waals surface area contributed by atoms with Gasteiger partial charge in [-0.15, -0.1) is 0 Å². The number of aryl methyl sites for hydroxylation is 2. The second-order valence-corrected chi connectivity index (χ2v) is 5.37. The monoisotopic (exact) mass is 321 g/mol. The molecule has 1 heterocycles. The van der Waals surface area contributed by atoms with Gasteiger partial charge in [0.1, 0.15) is 18.1 Å². The first-order chi connectivity index (χ1) is 11.7. The molecule has 0 amide bonds. The minimum atomic E-state index is 0.415. The number of rotatable bonds is 6. The lowest BCUT2D eigenvalue weighted by atomic mass is 10.2. The van der Waals surface area contributed by atoms with E-state index in [0.29, 0.717) is 6.61 Å². The Balaban J connectivity index is 1.69. The molecule has 0 unspecified atom stereocenters. The third-order valence-corrected chi connectivity index (χ3v) is 3.64. The summed E-state index contributed by atoms with van der Waals surface area (Å²) in [6.45, 7) is 4.21. The van der Waals surface area contributed by atoms with Gasteiger partial charge < -0.3 is 9.26 Å². The van der Waals surface area contributed by atoms with Crippen LogP contribution >= 0.6 is 0 Å². The number of hydrazone groups is 1. The molecule has 0 spiro atoms. The number of nitrogens with one attached hydrogen (secondary N) is 1. The standard InChI is InChI=1S/C19H19N3O2/c1-14-18(15(2)24-22-14)13-23-19-11-7-6-8-16(19)12-20-21-17-9-4-3-5-10-17/h3-12,21H,13H2,1-2H3. The Bertz CT molecular complexity index is 806. The highest BCUT2D eigenvalue weighted by atomic mass is 16.5. The number of hydrogen-bond donors (Lipinski definition) is 1. The van der Waals surface area contributed by atoms with Crippen molar-refractivity contribution in [1.82, 2.24) is 5.16 Å². The molecule has 0 bridgehead atoms. The molecule has 0 saturated carbocycles. The van der Waals surface area contributed by atoms with E-state index in [1.165, 1.54) is 0 Å². The van der Waals surface area contributed by atoms with Crippen molar-refractivity contribution in [2.75, 3.05) is 5.43 Å². The first-order valence-electron chi connectivity index (χ1n) is 7.72. The van der Waals surface area contributed by atoms with Crippen molar-refractivity contribution in [2.45, 2.75) is 20.5 Å². The van der Waals surface area contributed by atoms with E-state index in [2.05, 4.69) is 15.7 Å². The van der Waals surface area contributed by atoms with E-state index < -0.39 is 0 Å².